The highest BCUT2D eigenvalue weighted by molar-refractivity contribution is 9.09. The Balaban J connectivity index is 1.47. The average molecular weight is 536 g/mol. The highest BCUT2D eigenvalue weighted by atomic mass is 79.9. The molecule has 2 amide bonds. The van der Waals surface area contributed by atoms with E-state index in [0.29, 0.717) is 11.9 Å². The van der Waals surface area contributed by atoms with Crippen molar-refractivity contribution < 1.29 is 29.0 Å². The summed E-state index contributed by atoms with van der Waals surface area (Å²) in [6.07, 6.45) is -0.197. The maximum atomic E-state index is 13.6. The molecule has 3 unspecified atom stereocenters. The molecule has 1 spiro atoms. The molecule has 2 aromatic rings. The largest absolute Gasteiger partial charge is 0.466 e. The SMILES string of the molecule is CCOC(=O)[C@H]1[C@@H]2OC3(CC2Br)C(C(=O)NCn2nnc4ccccc42)N([C@H](C)CO)C(=O)[C@H]13. The van der Waals surface area contributed by atoms with Crippen LogP contribution in [0.25, 0.3) is 11.0 Å². The number of hydrogen-bond acceptors (Lipinski definition) is 8. The van der Waals surface area contributed by atoms with Crippen LogP contribution in [-0.2, 0) is 30.5 Å². The minimum absolute atomic E-state index is 0.0363. The molecule has 0 saturated carbocycles. The zero-order valence-corrected chi connectivity index (χ0v) is 20.3. The molecule has 3 aliphatic heterocycles. The Labute approximate surface area is 203 Å². The van der Waals surface area contributed by atoms with E-state index in [4.69, 9.17) is 9.47 Å². The zero-order valence-electron chi connectivity index (χ0n) is 18.8. The van der Waals surface area contributed by atoms with Gasteiger partial charge in [-0.25, -0.2) is 4.68 Å². The first-order valence-corrected chi connectivity index (χ1v) is 12.2. The van der Waals surface area contributed by atoms with Crippen molar-refractivity contribution in [1.82, 2.24) is 25.2 Å². The summed E-state index contributed by atoms with van der Waals surface area (Å²) in [6.45, 7) is 3.24. The first-order chi connectivity index (χ1) is 16.3. The smallest absolute Gasteiger partial charge is 0.312 e. The molecule has 1 aromatic heterocycles. The lowest BCUT2D eigenvalue weighted by atomic mass is 9.70. The van der Waals surface area contributed by atoms with Crippen molar-refractivity contribution in [2.75, 3.05) is 13.2 Å². The first kappa shape index (κ1) is 23.2. The van der Waals surface area contributed by atoms with Crippen molar-refractivity contribution in [2.24, 2.45) is 11.8 Å². The number of carbonyl (C=O) groups excluding carboxylic acids is 3. The lowest BCUT2D eigenvalue weighted by Gasteiger charge is -2.35. The van der Waals surface area contributed by atoms with Gasteiger partial charge in [0.1, 0.15) is 23.8 Å². The van der Waals surface area contributed by atoms with Crippen LogP contribution >= 0.6 is 15.9 Å². The Bertz CT molecular complexity index is 1140. The van der Waals surface area contributed by atoms with Gasteiger partial charge < -0.3 is 24.8 Å². The Morgan fingerprint density at radius 1 is 1.41 bits per heavy atom. The molecular weight excluding hydrogens is 510 g/mol. The van der Waals surface area contributed by atoms with Gasteiger partial charge in [0.25, 0.3) is 0 Å². The Kier molecular flexibility index (Phi) is 5.85. The van der Waals surface area contributed by atoms with Crippen molar-refractivity contribution >= 4 is 44.7 Å². The standard InChI is InChI=1S/C22H26BrN5O6/c1-3-33-21(32)15-16-20(31)28(11(2)9-29)18(22(16)8-12(23)17(15)34-22)19(30)24-10-27-14-7-5-4-6-13(14)25-26-27/h4-7,11-12,15-18,29H,3,8-10H2,1-2H3,(H,24,30)/t11-,12?,15-,16+,17-,18?,22?/m1/s1. The highest BCUT2D eigenvalue weighted by Crippen LogP contribution is 2.60. The molecule has 3 fully saturated rings. The molecule has 1 aromatic carbocycles. The number of carbonyl (C=O) groups is 3. The van der Waals surface area contributed by atoms with Crippen LogP contribution < -0.4 is 5.32 Å². The van der Waals surface area contributed by atoms with Gasteiger partial charge in [0.05, 0.1) is 42.7 Å². The number of esters is 1. The molecule has 12 heteroatoms. The van der Waals surface area contributed by atoms with E-state index in [2.05, 4.69) is 31.6 Å². The second-order valence-corrected chi connectivity index (χ2v) is 10.1. The molecule has 182 valence electrons. The maximum absolute atomic E-state index is 13.6. The van der Waals surface area contributed by atoms with Gasteiger partial charge in [-0.2, -0.15) is 0 Å². The number of fused-ring (bicyclic) bond motifs is 2. The molecule has 4 heterocycles. The quantitative estimate of drug-likeness (QED) is 0.379. The van der Waals surface area contributed by atoms with Crippen LogP contribution in [0.4, 0.5) is 0 Å². The molecule has 7 atom stereocenters. The molecule has 0 radical (unpaired) electrons. The number of aromatic nitrogens is 3. The third kappa shape index (κ3) is 3.26. The second-order valence-electron chi connectivity index (χ2n) is 8.97. The topological polar surface area (TPSA) is 136 Å². The Morgan fingerprint density at radius 3 is 2.91 bits per heavy atom. The van der Waals surface area contributed by atoms with Gasteiger partial charge in [0.2, 0.25) is 11.8 Å². The number of para-hydroxylation sites is 1. The van der Waals surface area contributed by atoms with E-state index >= 15 is 0 Å². The average Bonchev–Trinajstić information content (AvgIpc) is 3.54. The van der Waals surface area contributed by atoms with Gasteiger partial charge in [-0.05, 0) is 32.4 Å². The lowest BCUT2D eigenvalue weighted by Crippen LogP contribution is -2.57. The van der Waals surface area contributed by atoms with Gasteiger partial charge in [0.15, 0.2) is 0 Å². The number of aliphatic hydroxyl groups excluding tert-OH is 1. The highest BCUT2D eigenvalue weighted by Gasteiger charge is 2.77. The second kappa shape index (κ2) is 8.58. The molecule has 11 nitrogen and oxygen atoms in total. The summed E-state index contributed by atoms with van der Waals surface area (Å²) in [4.78, 5) is 41.2. The minimum atomic E-state index is -1.20. The van der Waals surface area contributed by atoms with Gasteiger partial charge >= 0.3 is 5.97 Å². The zero-order chi connectivity index (χ0) is 24.2. The van der Waals surface area contributed by atoms with Crippen LogP contribution in [-0.4, -0.2) is 84.6 Å². The third-order valence-corrected chi connectivity index (χ3v) is 7.94. The number of benzene rings is 1. The number of halogens is 1. The van der Waals surface area contributed by atoms with Crippen LogP contribution in [0, 0.1) is 11.8 Å². The van der Waals surface area contributed by atoms with Crippen molar-refractivity contribution in [3.8, 4) is 0 Å². The first-order valence-electron chi connectivity index (χ1n) is 11.3. The summed E-state index contributed by atoms with van der Waals surface area (Å²) >= 11 is 3.59. The maximum Gasteiger partial charge on any atom is 0.312 e. The van der Waals surface area contributed by atoms with Crippen molar-refractivity contribution in [3.63, 3.8) is 0 Å². The van der Waals surface area contributed by atoms with Crippen molar-refractivity contribution in [1.29, 1.82) is 0 Å². The lowest BCUT2D eigenvalue weighted by molar-refractivity contribution is -0.155. The number of nitrogens with one attached hydrogen (secondary N) is 1. The van der Waals surface area contributed by atoms with E-state index < -0.39 is 47.5 Å². The molecule has 34 heavy (non-hydrogen) atoms. The number of nitrogens with zero attached hydrogens (tertiary/aromatic N) is 4. The molecule has 5 rings (SSSR count). The number of aliphatic hydroxyl groups is 1. The van der Waals surface area contributed by atoms with E-state index in [1.165, 1.54) is 4.90 Å². The number of ether oxygens (including phenoxy) is 2. The summed E-state index contributed by atoms with van der Waals surface area (Å²) in [5.74, 6) is -3.02. The predicted molar refractivity (Wildman–Crippen MR) is 121 cm³/mol. The summed E-state index contributed by atoms with van der Waals surface area (Å²) in [7, 11) is 0. The van der Waals surface area contributed by atoms with Crippen LogP contribution in [0.1, 0.15) is 20.3 Å². The van der Waals surface area contributed by atoms with Crippen molar-refractivity contribution in [2.45, 2.75) is 55.6 Å². The van der Waals surface area contributed by atoms with E-state index in [1.54, 1.807) is 18.5 Å². The van der Waals surface area contributed by atoms with Crippen LogP contribution in [0.2, 0.25) is 0 Å². The van der Waals surface area contributed by atoms with E-state index in [0.717, 1.165) is 5.52 Å². The van der Waals surface area contributed by atoms with Crippen molar-refractivity contribution in [3.05, 3.63) is 24.3 Å². The summed E-state index contributed by atoms with van der Waals surface area (Å²) in [5.41, 5.74) is 0.243. The molecule has 0 aliphatic carbocycles. The molecule has 2 N–H and O–H groups in total. The number of rotatable bonds is 7. The summed E-state index contributed by atoms with van der Waals surface area (Å²) in [5, 5.41) is 20.9. The Morgan fingerprint density at radius 2 is 2.18 bits per heavy atom. The fraction of sp³-hybridized carbons (Fsp3) is 0.591. The monoisotopic (exact) mass is 535 g/mol. The summed E-state index contributed by atoms with van der Waals surface area (Å²) < 4.78 is 13.1. The fourth-order valence-corrected chi connectivity index (χ4v) is 6.66. The van der Waals surface area contributed by atoms with Crippen LogP contribution in [0.15, 0.2) is 24.3 Å². The molecule has 3 aliphatic rings. The van der Waals surface area contributed by atoms with Gasteiger partial charge in [0, 0.05) is 4.83 Å². The van der Waals surface area contributed by atoms with E-state index in [1.807, 2.05) is 24.3 Å². The normalized spacial score (nSPS) is 32.8. The molecule has 2 bridgehead atoms. The predicted octanol–water partition coefficient (Wildman–Crippen LogP) is 0.197. The number of amides is 2. The molecular formula is C22H26BrN5O6. The van der Waals surface area contributed by atoms with Gasteiger partial charge in [-0.3, -0.25) is 14.4 Å². The van der Waals surface area contributed by atoms with Crippen LogP contribution in [0.5, 0.6) is 0 Å². The minimum Gasteiger partial charge on any atom is -0.466 e. The number of alkyl halides is 1. The summed E-state index contributed by atoms with van der Waals surface area (Å²) in [6, 6.07) is 5.70. The van der Waals surface area contributed by atoms with E-state index in [-0.39, 0.29) is 30.6 Å². The molecule has 3 saturated heterocycles. The van der Waals surface area contributed by atoms with E-state index in [9.17, 15) is 19.5 Å². The number of likely N-dealkylation sites (tertiary alicyclic amines) is 1. The third-order valence-electron chi connectivity index (χ3n) is 7.10. The number of hydrogen-bond donors (Lipinski definition) is 2. The Hall–Kier alpha value is -2.57. The van der Waals surface area contributed by atoms with Gasteiger partial charge in [-0.1, -0.05) is 33.3 Å². The van der Waals surface area contributed by atoms with Crippen LogP contribution in [0.3, 0.4) is 0 Å². The fourth-order valence-electron chi connectivity index (χ4n) is 5.72. The van der Waals surface area contributed by atoms with Gasteiger partial charge in [-0.15, -0.1) is 5.10 Å².